The summed E-state index contributed by atoms with van der Waals surface area (Å²) >= 11 is 0. The van der Waals surface area contributed by atoms with E-state index in [1.165, 1.54) is 12.1 Å². The highest BCUT2D eigenvalue weighted by atomic mass is 16.3. The third-order valence-corrected chi connectivity index (χ3v) is 8.53. The maximum atomic E-state index is 9.34. The van der Waals surface area contributed by atoms with Gasteiger partial charge in [0, 0.05) is 27.5 Å². The van der Waals surface area contributed by atoms with Crippen LogP contribution in [0.15, 0.2) is 192 Å². The van der Waals surface area contributed by atoms with Crippen LogP contribution in [0.2, 0.25) is 0 Å². The summed E-state index contributed by atoms with van der Waals surface area (Å²) in [6.45, 7) is 0. The van der Waals surface area contributed by atoms with Gasteiger partial charge in [0.25, 0.3) is 0 Å². The summed E-state index contributed by atoms with van der Waals surface area (Å²) in [5, 5.41) is 0.853. The first-order valence-corrected chi connectivity index (χ1v) is 16.1. The molecule has 0 N–H and O–H groups in total. The zero-order valence-electron chi connectivity index (χ0n) is 48.0. The zero-order chi connectivity index (χ0) is 53.4. The number of furan rings is 1. The summed E-state index contributed by atoms with van der Waals surface area (Å²) < 4.78 is 189. The van der Waals surface area contributed by atoms with Crippen LogP contribution in [0, 0.1) is 0 Å². The molecule has 248 valence electrons. The fraction of sp³-hybridized carbons (Fsp3) is 0. The third-order valence-electron chi connectivity index (χ3n) is 8.53. The van der Waals surface area contributed by atoms with Crippen LogP contribution in [0.3, 0.4) is 0 Å². The van der Waals surface area contributed by atoms with E-state index in [-0.39, 0.29) is 33.3 Å². The average molecular weight is 699 g/mol. The summed E-state index contributed by atoms with van der Waals surface area (Å²) in [5.41, 5.74) is -2.24. The summed E-state index contributed by atoms with van der Waals surface area (Å²) in [6.07, 6.45) is 0. The average Bonchev–Trinajstić information content (AvgIpc) is 3.81. The van der Waals surface area contributed by atoms with Gasteiger partial charge in [-0.2, -0.15) is 0 Å². The van der Waals surface area contributed by atoms with Crippen molar-refractivity contribution in [1.82, 2.24) is 15.0 Å². The Labute approximate surface area is 336 Å². The number of para-hydroxylation sites is 1. The first kappa shape index (κ1) is 16.0. The molecule has 0 spiro atoms. The van der Waals surface area contributed by atoms with Crippen LogP contribution in [0.4, 0.5) is 0 Å². The van der Waals surface area contributed by atoms with Gasteiger partial charge in [0.05, 0.1) is 28.8 Å². The minimum Gasteiger partial charge on any atom is -0.456 e. The Bertz CT molecular complexity index is 4090. The Hall–Kier alpha value is -7.17. The number of hydrogen-bond acceptors (Lipinski definition) is 4. The molecule has 10 rings (SSSR count). The predicted octanol–water partition coefficient (Wildman–Crippen LogP) is 12.9. The molecule has 0 amide bonds. The molecule has 53 heavy (non-hydrogen) atoms. The molecule has 0 bridgehead atoms. The molecule has 2 aromatic heterocycles. The molecular formula is C49H31N3O. The van der Waals surface area contributed by atoms with Crippen molar-refractivity contribution in [3.8, 4) is 67.5 Å². The monoisotopic (exact) mass is 698 g/mol. The molecule has 0 aliphatic heterocycles. The van der Waals surface area contributed by atoms with E-state index < -0.39 is 172 Å². The van der Waals surface area contributed by atoms with E-state index >= 15 is 0 Å². The molecule has 0 aliphatic carbocycles. The van der Waals surface area contributed by atoms with Crippen LogP contribution < -0.4 is 0 Å². The van der Waals surface area contributed by atoms with Crippen LogP contribution in [-0.4, -0.2) is 15.0 Å². The van der Waals surface area contributed by atoms with Gasteiger partial charge >= 0.3 is 0 Å². The Morgan fingerprint density at radius 1 is 0.377 bits per heavy atom. The van der Waals surface area contributed by atoms with E-state index in [2.05, 4.69) is 9.97 Å². The van der Waals surface area contributed by atoms with Crippen molar-refractivity contribution in [3.05, 3.63) is 188 Å². The van der Waals surface area contributed by atoms with E-state index in [0.717, 1.165) is 5.39 Å². The van der Waals surface area contributed by atoms with Crippen LogP contribution in [0.25, 0.3) is 100 Å². The summed E-state index contributed by atoms with van der Waals surface area (Å²) in [6, 6.07) is 2.04. The lowest BCUT2D eigenvalue weighted by molar-refractivity contribution is 0.669. The van der Waals surface area contributed by atoms with Crippen molar-refractivity contribution >= 4 is 32.7 Å². The summed E-state index contributed by atoms with van der Waals surface area (Å²) in [7, 11) is 0. The molecule has 8 aromatic carbocycles. The van der Waals surface area contributed by atoms with Gasteiger partial charge in [-0.05, 0) is 62.3 Å². The van der Waals surface area contributed by atoms with Crippen molar-refractivity contribution in [2.45, 2.75) is 0 Å². The second kappa shape index (κ2) is 12.9. The fourth-order valence-corrected chi connectivity index (χ4v) is 6.15. The molecular weight excluding hydrogens is 647 g/mol. The van der Waals surface area contributed by atoms with Gasteiger partial charge in [-0.15, -0.1) is 0 Å². The highest BCUT2D eigenvalue weighted by molar-refractivity contribution is 6.11. The largest absolute Gasteiger partial charge is 0.456 e. The van der Waals surface area contributed by atoms with Gasteiger partial charge in [-0.3, -0.25) is 0 Å². The highest BCUT2D eigenvalue weighted by Gasteiger charge is 2.19. The number of fused-ring (bicyclic) bond motifs is 4. The smallest absolute Gasteiger partial charge is 0.164 e. The molecule has 0 fully saturated rings. The minimum atomic E-state index is -0.864. The number of benzene rings is 8. The van der Waals surface area contributed by atoms with Crippen molar-refractivity contribution in [1.29, 1.82) is 0 Å². The summed E-state index contributed by atoms with van der Waals surface area (Å²) in [5.74, 6) is -1.48. The zero-order valence-corrected chi connectivity index (χ0v) is 27.0. The lowest BCUT2D eigenvalue weighted by atomic mass is 9.90. The van der Waals surface area contributed by atoms with E-state index in [9.17, 15) is 6.85 Å². The van der Waals surface area contributed by atoms with Crippen LogP contribution >= 0.6 is 0 Å². The Morgan fingerprint density at radius 3 is 1.85 bits per heavy atom. The van der Waals surface area contributed by atoms with Crippen LogP contribution in [0.1, 0.15) is 28.8 Å². The van der Waals surface area contributed by atoms with Gasteiger partial charge in [0.1, 0.15) is 11.2 Å². The molecule has 0 saturated heterocycles. The molecule has 0 radical (unpaired) electrons. The normalized spacial score (nSPS) is 16.9. The topological polar surface area (TPSA) is 51.8 Å². The molecule has 0 saturated carbocycles. The molecule has 0 atom stereocenters. The maximum Gasteiger partial charge on any atom is 0.164 e. The van der Waals surface area contributed by atoms with Gasteiger partial charge < -0.3 is 4.42 Å². The van der Waals surface area contributed by atoms with Gasteiger partial charge in [0.15, 0.2) is 17.5 Å². The molecule has 2 heterocycles. The van der Waals surface area contributed by atoms with Crippen molar-refractivity contribution in [3.63, 3.8) is 0 Å². The van der Waals surface area contributed by atoms with Gasteiger partial charge in [0.2, 0.25) is 0 Å². The molecule has 4 nitrogen and oxygen atoms in total. The SMILES string of the molecule is [2H]c1c([2H])c([2H])c(-c2ccc(-c3nc(-c4c([2H])c([2H])c(-c5c([2H])c([2H])c([2H])c([2H])c5[2H])c([2H])c4[2H])nc(-c4c([2H])c([2H])c([2H])c5oc6c([2H])c([2H])c([2H])c([2H])c6c45)n3)cc2-c2cccc3ccccc23)c([2H])c1[2H]. The van der Waals surface area contributed by atoms with Crippen molar-refractivity contribution in [2.24, 2.45) is 0 Å². The number of aromatic nitrogens is 3. The Kier molecular flexibility index (Phi) is 3.89. The lowest BCUT2D eigenvalue weighted by Crippen LogP contribution is -2.01. The Balaban J connectivity index is 1.35. The fourth-order valence-electron chi connectivity index (χ4n) is 6.15. The van der Waals surface area contributed by atoms with E-state index in [1.54, 1.807) is 24.3 Å². The lowest BCUT2D eigenvalue weighted by Gasteiger charge is -2.15. The third kappa shape index (κ3) is 5.54. The summed E-state index contributed by atoms with van der Waals surface area (Å²) in [4.78, 5) is 14.0. The quantitative estimate of drug-likeness (QED) is 0.173. The second-order valence-electron chi connectivity index (χ2n) is 11.6. The second-order valence-corrected chi connectivity index (χ2v) is 11.6. The number of nitrogens with zero attached hydrogens (tertiary/aromatic N) is 3. The first-order chi connectivity index (χ1) is 35.0. The standard InChI is InChI=1S/C49H31N3O/c1-3-13-32(14-4-1)33-25-27-36(28-26-33)47-50-48(52-49(51-47)42-22-12-24-45-46(42)41-20-9-10-23-44(41)53-45)37-29-30-39(34-15-5-2-6-16-34)43(31-37)40-21-11-18-35-17-7-8-19-38(35)40/h1-31H/i1D,2D,3D,4D,5D,6D,9D,10D,12D,13D,14D,15D,16D,20D,22D,23D,24D,25D,26D,27D,28D. The van der Waals surface area contributed by atoms with E-state index in [4.69, 9.17) is 31.3 Å². The van der Waals surface area contributed by atoms with Crippen LogP contribution in [0.5, 0.6) is 0 Å². The van der Waals surface area contributed by atoms with Gasteiger partial charge in [-0.25, -0.2) is 15.0 Å². The molecule has 10 aromatic rings. The van der Waals surface area contributed by atoms with Crippen molar-refractivity contribution < 1.29 is 33.2 Å². The van der Waals surface area contributed by atoms with E-state index in [0.29, 0.717) is 16.5 Å². The van der Waals surface area contributed by atoms with Crippen molar-refractivity contribution in [2.75, 3.05) is 0 Å². The number of rotatable bonds is 6. The molecule has 4 heteroatoms. The molecule has 0 unspecified atom stereocenters. The highest BCUT2D eigenvalue weighted by Crippen LogP contribution is 2.40. The first-order valence-electron chi connectivity index (χ1n) is 26.6. The Morgan fingerprint density at radius 2 is 1.02 bits per heavy atom. The number of hydrogen-bond donors (Lipinski definition) is 0. The predicted molar refractivity (Wildman–Crippen MR) is 217 cm³/mol. The minimum absolute atomic E-state index is 0.0879. The maximum absolute atomic E-state index is 9.34. The molecule has 0 aliphatic rings. The van der Waals surface area contributed by atoms with E-state index in [1.807, 2.05) is 24.3 Å². The van der Waals surface area contributed by atoms with Crippen LogP contribution in [-0.2, 0) is 0 Å². The van der Waals surface area contributed by atoms with Gasteiger partial charge in [-0.1, -0.05) is 169 Å².